The minimum absolute atomic E-state index is 0.0309. The molecule has 172 valence electrons. The second-order valence-corrected chi connectivity index (χ2v) is 9.11. The van der Waals surface area contributed by atoms with Crippen LogP contribution in [0.5, 0.6) is 5.75 Å². The summed E-state index contributed by atoms with van der Waals surface area (Å²) >= 11 is 1.22. The number of hydrogen-bond acceptors (Lipinski definition) is 8. The molecule has 1 aromatic carbocycles. The normalized spacial score (nSPS) is 19.5. The molecule has 0 saturated carbocycles. The van der Waals surface area contributed by atoms with Gasteiger partial charge in [0.15, 0.2) is 0 Å². The van der Waals surface area contributed by atoms with Gasteiger partial charge in [0.25, 0.3) is 11.8 Å². The number of methoxy groups -OCH3 is 1. The van der Waals surface area contributed by atoms with Gasteiger partial charge in [0.05, 0.1) is 24.7 Å². The van der Waals surface area contributed by atoms with Crippen LogP contribution in [0.2, 0.25) is 0 Å². The van der Waals surface area contributed by atoms with Crippen molar-refractivity contribution in [2.24, 2.45) is 5.41 Å². The number of benzene rings is 1. The van der Waals surface area contributed by atoms with Crippen LogP contribution in [0.3, 0.4) is 0 Å². The number of ether oxygens (including phenoxy) is 1. The molecule has 2 aliphatic rings. The van der Waals surface area contributed by atoms with Crippen molar-refractivity contribution in [3.63, 3.8) is 0 Å². The van der Waals surface area contributed by atoms with E-state index in [0.717, 1.165) is 6.41 Å². The van der Waals surface area contributed by atoms with Crippen LogP contribution < -0.4 is 4.74 Å². The molecule has 12 heteroatoms. The predicted molar refractivity (Wildman–Crippen MR) is 111 cm³/mol. The number of amides is 2. The summed E-state index contributed by atoms with van der Waals surface area (Å²) in [6.45, 7) is 1.32. The fraction of sp³-hybridized carbons (Fsp3) is 0.381. The number of rotatable bonds is 6. The molecule has 1 unspecified atom stereocenters. The second-order valence-electron chi connectivity index (χ2n) is 8.23. The van der Waals surface area contributed by atoms with Crippen LogP contribution in [0.25, 0.3) is 0 Å². The molecule has 2 fully saturated rings. The van der Waals surface area contributed by atoms with E-state index < -0.39 is 23.1 Å². The van der Waals surface area contributed by atoms with Gasteiger partial charge in [-0.1, -0.05) is 0 Å². The standard InChI is InChI=1S/C21H19F2N5O4S/c1-31-14-4-2-13(3-5-14)21(22,23)19-26-25-17(32-19)15-7-28(18(30)16-6-24-11-33-16)10-20(15)8-27(9-20)12-29/h2-6,11-12,15H,7-10H2,1H3. The first-order chi connectivity index (χ1) is 15.9. The van der Waals surface area contributed by atoms with Crippen molar-refractivity contribution in [2.45, 2.75) is 11.8 Å². The number of likely N-dealkylation sites (tertiary alicyclic amines) is 2. The maximum absolute atomic E-state index is 15.1. The van der Waals surface area contributed by atoms with Crippen molar-refractivity contribution >= 4 is 23.7 Å². The molecule has 2 amide bonds. The van der Waals surface area contributed by atoms with Crippen molar-refractivity contribution in [3.8, 4) is 5.75 Å². The molecule has 33 heavy (non-hydrogen) atoms. The highest BCUT2D eigenvalue weighted by molar-refractivity contribution is 7.11. The molecule has 5 rings (SSSR count). The van der Waals surface area contributed by atoms with E-state index in [2.05, 4.69) is 15.2 Å². The van der Waals surface area contributed by atoms with Gasteiger partial charge in [-0.15, -0.1) is 21.5 Å². The second kappa shape index (κ2) is 7.87. The molecule has 2 aliphatic heterocycles. The average Bonchev–Trinajstić information content (AvgIpc) is 3.56. The SMILES string of the molecule is COc1ccc(C(F)(F)c2nnc(C3CN(C(=O)c4cncs4)CC34CN(C=O)C4)o2)cc1. The number of thiazole rings is 1. The van der Waals surface area contributed by atoms with Gasteiger partial charge in [-0.2, -0.15) is 8.78 Å². The van der Waals surface area contributed by atoms with Gasteiger partial charge in [-0.3, -0.25) is 14.6 Å². The Morgan fingerprint density at radius 1 is 1.27 bits per heavy atom. The molecular weight excluding hydrogens is 456 g/mol. The minimum Gasteiger partial charge on any atom is -0.497 e. The highest BCUT2D eigenvalue weighted by atomic mass is 32.1. The van der Waals surface area contributed by atoms with Crippen molar-refractivity contribution < 1.29 is 27.5 Å². The molecule has 2 saturated heterocycles. The van der Waals surface area contributed by atoms with Crippen LogP contribution in [-0.4, -0.2) is 70.6 Å². The van der Waals surface area contributed by atoms with E-state index in [1.807, 2.05) is 0 Å². The largest absolute Gasteiger partial charge is 0.497 e. The van der Waals surface area contributed by atoms with E-state index in [-0.39, 0.29) is 23.9 Å². The summed E-state index contributed by atoms with van der Waals surface area (Å²) in [6, 6.07) is 5.34. The van der Waals surface area contributed by atoms with Crippen LogP contribution in [-0.2, 0) is 10.7 Å². The summed E-state index contributed by atoms with van der Waals surface area (Å²) < 4.78 is 40.6. The summed E-state index contributed by atoms with van der Waals surface area (Å²) in [5.41, 5.74) is 0.734. The van der Waals surface area contributed by atoms with Crippen molar-refractivity contribution in [1.29, 1.82) is 0 Å². The zero-order valence-electron chi connectivity index (χ0n) is 17.5. The van der Waals surface area contributed by atoms with E-state index in [9.17, 15) is 9.59 Å². The summed E-state index contributed by atoms with van der Waals surface area (Å²) in [6.07, 6.45) is 2.22. The lowest BCUT2D eigenvalue weighted by molar-refractivity contribution is -0.129. The number of alkyl halides is 2. The van der Waals surface area contributed by atoms with Gasteiger partial charge in [-0.05, 0) is 24.3 Å². The monoisotopic (exact) mass is 475 g/mol. The molecule has 3 aromatic rings. The third-order valence-corrected chi connectivity index (χ3v) is 6.98. The highest BCUT2D eigenvalue weighted by Crippen LogP contribution is 2.49. The molecule has 1 spiro atoms. The van der Waals surface area contributed by atoms with Gasteiger partial charge in [0.2, 0.25) is 12.3 Å². The Bertz CT molecular complexity index is 1160. The number of aromatic nitrogens is 3. The zero-order chi connectivity index (χ0) is 23.2. The smallest absolute Gasteiger partial charge is 0.349 e. The van der Waals surface area contributed by atoms with Crippen molar-refractivity contribution in [1.82, 2.24) is 25.0 Å². The summed E-state index contributed by atoms with van der Waals surface area (Å²) in [4.78, 5) is 31.7. The van der Waals surface area contributed by atoms with E-state index in [1.165, 1.54) is 48.9 Å². The van der Waals surface area contributed by atoms with Gasteiger partial charge in [0, 0.05) is 37.2 Å². The van der Waals surface area contributed by atoms with Crippen LogP contribution in [0.15, 0.2) is 40.4 Å². The zero-order valence-corrected chi connectivity index (χ0v) is 18.3. The molecular formula is C21H19F2N5O4S. The lowest BCUT2D eigenvalue weighted by atomic mass is 9.72. The van der Waals surface area contributed by atoms with Crippen LogP contribution in [0.4, 0.5) is 8.78 Å². The first-order valence-corrected chi connectivity index (χ1v) is 11.0. The molecule has 9 nitrogen and oxygen atoms in total. The average molecular weight is 475 g/mol. The highest BCUT2D eigenvalue weighted by Gasteiger charge is 2.58. The Morgan fingerprint density at radius 2 is 2.03 bits per heavy atom. The van der Waals surface area contributed by atoms with Crippen LogP contribution in [0, 0.1) is 5.41 Å². The lowest BCUT2D eigenvalue weighted by Gasteiger charge is -2.48. The van der Waals surface area contributed by atoms with Crippen molar-refractivity contribution in [2.75, 3.05) is 33.3 Å². The molecule has 0 radical (unpaired) electrons. The summed E-state index contributed by atoms with van der Waals surface area (Å²) in [5.74, 6) is -4.52. The van der Waals surface area contributed by atoms with E-state index >= 15 is 8.78 Å². The maximum Gasteiger partial charge on any atom is 0.349 e. The Balaban J connectivity index is 1.42. The minimum atomic E-state index is -3.50. The van der Waals surface area contributed by atoms with E-state index in [4.69, 9.17) is 9.15 Å². The van der Waals surface area contributed by atoms with Crippen molar-refractivity contribution in [3.05, 3.63) is 58.2 Å². The first-order valence-electron chi connectivity index (χ1n) is 10.1. The van der Waals surface area contributed by atoms with E-state index in [0.29, 0.717) is 30.3 Å². The van der Waals surface area contributed by atoms with E-state index in [1.54, 1.807) is 15.3 Å². The van der Waals surface area contributed by atoms with Crippen LogP contribution in [0.1, 0.15) is 32.9 Å². The predicted octanol–water partition coefficient (Wildman–Crippen LogP) is 2.37. The Morgan fingerprint density at radius 3 is 2.67 bits per heavy atom. The summed E-state index contributed by atoms with van der Waals surface area (Å²) in [7, 11) is 1.45. The van der Waals surface area contributed by atoms with Gasteiger partial charge in [0.1, 0.15) is 10.6 Å². The number of carbonyl (C=O) groups excluding carboxylic acids is 2. The Kier molecular flexibility index (Phi) is 5.11. The Labute approximate surface area is 191 Å². The molecule has 0 bridgehead atoms. The number of carbonyl (C=O) groups is 2. The fourth-order valence-corrected chi connectivity index (χ4v) is 5.11. The fourth-order valence-electron chi connectivity index (χ4n) is 4.52. The Hall–Kier alpha value is -3.41. The first kappa shape index (κ1) is 21.4. The van der Waals surface area contributed by atoms with Gasteiger partial charge in [-0.25, -0.2) is 0 Å². The maximum atomic E-state index is 15.1. The molecule has 0 aliphatic carbocycles. The molecule has 0 N–H and O–H groups in total. The topological polar surface area (TPSA) is 102 Å². The van der Waals surface area contributed by atoms with Gasteiger partial charge < -0.3 is 19.0 Å². The third-order valence-electron chi connectivity index (χ3n) is 6.22. The molecule has 2 aromatic heterocycles. The number of halogens is 2. The van der Waals surface area contributed by atoms with Crippen LogP contribution >= 0.6 is 11.3 Å². The lowest BCUT2D eigenvalue weighted by Crippen LogP contribution is -2.59. The molecule has 4 heterocycles. The number of hydrogen-bond donors (Lipinski definition) is 0. The van der Waals surface area contributed by atoms with Gasteiger partial charge >= 0.3 is 5.92 Å². The molecule has 1 atom stereocenters. The third kappa shape index (κ3) is 3.54. The quantitative estimate of drug-likeness (QED) is 0.505. The number of nitrogens with zero attached hydrogens (tertiary/aromatic N) is 5. The summed E-state index contributed by atoms with van der Waals surface area (Å²) in [5, 5.41) is 7.57.